The number of anilines is 1. The van der Waals surface area contributed by atoms with E-state index in [9.17, 15) is 9.59 Å². The first kappa shape index (κ1) is 16.5. The molecule has 0 fully saturated rings. The fourth-order valence-electron chi connectivity index (χ4n) is 2.12. The normalized spacial score (nSPS) is 10.6. The quantitative estimate of drug-likeness (QED) is 0.851. The Hall–Kier alpha value is -2.83. The molecule has 7 nitrogen and oxygen atoms in total. The second-order valence-electron chi connectivity index (χ2n) is 5.53. The molecule has 0 spiro atoms. The Bertz CT molecular complexity index is 705. The van der Waals surface area contributed by atoms with Gasteiger partial charge in [-0.25, -0.2) is 4.68 Å². The number of amides is 2. The molecule has 23 heavy (non-hydrogen) atoms. The highest BCUT2D eigenvalue weighted by atomic mass is 16.5. The number of methoxy groups -OCH3 is 1. The van der Waals surface area contributed by atoms with Crippen LogP contribution in [-0.4, -0.2) is 28.7 Å². The largest absolute Gasteiger partial charge is 0.497 e. The van der Waals surface area contributed by atoms with E-state index in [-0.39, 0.29) is 23.2 Å². The van der Waals surface area contributed by atoms with Gasteiger partial charge in [0.05, 0.1) is 19.0 Å². The van der Waals surface area contributed by atoms with E-state index in [1.807, 2.05) is 13.8 Å². The lowest BCUT2D eigenvalue weighted by Crippen LogP contribution is -2.20. The average molecular weight is 316 g/mol. The maximum Gasteiger partial charge on any atom is 0.254 e. The summed E-state index contributed by atoms with van der Waals surface area (Å²) in [7, 11) is 1.58. The maximum atomic E-state index is 12.1. The summed E-state index contributed by atoms with van der Waals surface area (Å²) < 4.78 is 6.58. The number of benzene rings is 1. The molecule has 0 radical (unpaired) electrons. The summed E-state index contributed by atoms with van der Waals surface area (Å²) in [6.07, 6.45) is 1.68. The molecular weight excluding hydrogens is 296 g/mol. The van der Waals surface area contributed by atoms with E-state index >= 15 is 0 Å². The highest BCUT2D eigenvalue weighted by molar-refractivity contribution is 6.02. The van der Waals surface area contributed by atoms with Crippen molar-refractivity contribution in [2.45, 2.75) is 20.3 Å². The van der Waals surface area contributed by atoms with E-state index in [1.165, 1.54) is 10.9 Å². The lowest BCUT2D eigenvalue weighted by molar-refractivity contribution is -0.116. The van der Waals surface area contributed by atoms with Gasteiger partial charge in [-0.3, -0.25) is 9.59 Å². The van der Waals surface area contributed by atoms with Crippen LogP contribution in [0.15, 0.2) is 30.5 Å². The van der Waals surface area contributed by atoms with Crippen LogP contribution in [0.25, 0.3) is 5.69 Å². The molecule has 3 N–H and O–H groups in total. The number of nitrogens with zero attached hydrogens (tertiary/aromatic N) is 2. The summed E-state index contributed by atoms with van der Waals surface area (Å²) in [5.41, 5.74) is 6.21. The lowest BCUT2D eigenvalue weighted by Gasteiger charge is -2.12. The minimum absolute atomic E-state index is 0.165. The van der Waals surface area contributed by atoms with E-state index in [0.29, 0.717) is 17.9 Å². The van der Waals surface area contributed by atoms with E-state index in [0.717, 1.165) is 0 Å². The van der Waals surface area contributed by atoms with Gasteiger partial charge in [0.1, 0.15) is 17.1 Å². The molecule has 1 aromatic carbocycles. The molecule has 1 heterocycles. The number of nitrogens with two attached hydrogens (primary N) is 1. The molecule has 0 aliphatic rings. The van der Waals surface area contributed by atoms with Crippen molar-refractivity contribution in [3.05, 3.63) is 36.0 Å². The van der Waals surface area contributed by atoms with Crippen molar-refractivity contribution in [3.63, 3.8) is 0 Å². The van der Waals surface area contributed by atoms with Crippen LogP contribution >= 0.6 is 0 Å². The molecule has 0 unspecified atom stereocenters. The third-order valence-electron chi connectivity index (χ3n) is 3.20. The van der Waals surface area contributed by atoms with E-state index in [2.05, 4.69) is 10.4 Å². The van der Waals surface area contributed by atoms with Crippen LogP contribution in [0.3, 0.4) is 0 Å². The van der Waals surface area contributed by atoms with Gasteiger partial charge in [0, 0.05) is 6.42 Å². The van der Waals surface area contributed by atoms with Crippen LogP contribution in [0.5, 0.6) is 5.75 Å². The Morgan fingerprint density at radius 1 is 1.30 bits per heavy atom. The van der Waals surface area contributed by atoms with E-state index in [1.54, 1.807) is 31.4 Å². The fourth-order valence-corrected chi connectivity index (χ4v) is 2.12. The number of primary amides is 1. The monoisotopic (exact) mass is 316 g/mol. The van der Waals surface area contributed by atoms with Crippen LogP contribution < -0.4 is 15.8 Å². The van der Waals surface area contributed by atoms with Gasteiger partial charge in [-0.1, -0.05) is 13.8 Å². The van der Waals surface area contributed by atoms with Gasteiger partial charge in [-0.15, -0.1) is 0 Å². The summed E-state index contributed by atoms with van der Waals surface area (Å²) in [6, 6.07) is 7.07. The van der Waals surface area contributed by atoms with E-state index in [4.69, 9.17) is 10.5 Å². The Balaban J connectivity index is 2.39. The molecule has 2 rings (SSSR count). The van der Waals surface area contributed by atoms with Crippen molar-refractivity contribution in [2.24, 2.45) is 11.7 Å². The van der Waals surface area contributed by atoms with Crippen LogP contribution in [0, 0.1) is 5.92 Å². The van der Waals surface area contributed by atoms with Gasteiger partial charge in [-0.2, -0.15) is 5.10 Å². The van der Waals surface area contributed by atoms with Crippen molar-refractivity contribution in [1.82, 2.24) is 9.78 Å². The SMILES string of the molecule is COc1ccc(-n2ncc(C(N)=O)c2NC(=O)CC(C)C)cc1. The number of aromatic nitrogens is 2. The zero-order chi connectivity index (χ0) is 17.0. The highest BCUT2D eigenvalue weighted by Gasteiger charge is 2.19. The summed E-state index contributed by atoms with van der Waals surface area (Å²) >= 11 is 0. The van der Waals surface area contributed by atoms with Crippen LogP contribution in [-0.2, 0) is 4.79 Å². The van der Waals surface area contributed by atoms with Crippen molar-refractivity contribution in [3.8, 4) is 11.4 Å². The Kier molecular flexibility index (Phi) is 5.00. The predicted octanol–water partition coefficient (Wildman–Crippen LogP) is 1.96. The van der Waals surface area contributed by atoms with Crippen molar-refractivity contribution < 1.29 is 14.3 Å². The Morgan fingerprint density at radius 3 is 2.48 bits per heavy atom. The van der Waals surface area contributed by atoms with Gasteiger partial charge < -0.3 is 15.8 Å². The number of hydrogen-bond donors (Lipinski definition) is 2. The molecule has 2 aromatic rings. The van der Waals surface area contributed by atoms with Gasteiger partial charge in [0.25, 0.3) is 5.91 Å². The molecule has 2 amide bonds. The molecule has 0 aliphatic heterocycles. The highest BCUT2D eigenvalue weighted by Crippen LogP contribution is 2.22. The zero-order valence-corrected chi connectivity index (χ0v) is 13.4. The molecule has 1 aromatic heterocycles. The summed E-state index contributed by atoms with van der Waals surface area (Å²) in [5.74, 6) is 0.321. The van der Waals surface area contributed by atoms with E-state index < -0.39 is 5.91 Å². The Morgan fingerprint density at radius 2 is 1.96 bits per heavy atom. The lowest BCUT2D eigenvalue weighted by atomic mass is 10.1. The number of carbonyl (C=O) groups excluding carboxylic acids is 2. The first-order valence-corrected chi connectivity index (χ1v) is 7.24. The maximum absolute atomic E-state index is 12.1. The number of carbonyl (C=O) groups is 2. The van der Waals surface area contributed by atoms with Crippen LogP contribution in [0.1, 0.15) is 30.6 Å². The summed E-state index contributed by atoms with van der Waals surface area (Å²) in [6.45, 7) is 3.88. The van der Waals surface area contributed by atoms with Crippen LogP contribution in [0.4, 0.5) is 5.82 Å². The molecule has 0 aliphatic carbocycles. The number of nitrogens with one attached hydrogen (secondary N) is 1. The standard InChI is InChI=1S/C16H20N4O3/c1-10(2)8-14(21)19-16-13(15(17)22)9-18-20(16)11-4-6-12(23-3)7-5-11/h4-7,9-10H,8H2,1-3H3,(H2,17,22)(H,19,21). The minimum atomic E-state index is -0.649. The molecule has 0 bridgehead atoms. The first-order valence-electron chi connectivity index (χ1n) is 7.24. The van der Waals surface area contributed by atoms with Gasteiger partial charge >= 0.3 is 0 Å². The van der Waals surface area contributed by atoms with Gasteiger partial charge in [0.2, 0.25) is 5.91 Å². The van der Waals surface area contributed by atoms with Crippen molar-refractivity contribution >= 4 is 17.6 Å². The molecule has 0 saturated heterocycles. The van der Waals surface area contributed by atoms with Crippen molar-refractivity contribution in [1.29, 1.82) is 0 Å². The molecule has 122 valence electrons. The second kappa shape index (κ2) is 6.95. The zero-order valence-electron chi connectivity index (χ0n) is 13.4. The summed E-state index contributed by atoms with van der Waals surface area (Å²) in [4.78, 5) is 23.6. The smallest absolute Gasteiger partial charge is 0.254 e. The number of hydrogen-bond acceptors (Lipinski definition) is 4. The fraction of sp³-hybridized carbons (Fsp3) is 0.312. The summed E-state index contributed by atoms with van der Waals surface area (Å²) in [5, 5.41) is 6.88. The molecular formula is C16H20N4O3. The minimum Gasteiger partial charge on any atom is -0.497 e. The molecule has 0 saturated carbocycles. The van der Waals surface area contributed by atoms with Gasteiger partial charge in [-0.05, 0) is 30.2 Å². The molecule has 7 heteroatoms. The number of ether oxygens (including phenoxy) is 1. The molecule has 0 atom stereocenters. The van der Waals surface area contributed by atoms with Crippen LogP contribution in [0.2, 0.25) is 0 Å². The third-order valence-corrected chi connectivity index (χ3v) is 3.20. The van der Waals surface area contributed by atoms with Gasteiger partial charge in [0.15, 0.2) is 0 Å². The number of rotatable bonds is 6. The Labute approximate surface area is 134 Å². The average Bonchev–Trinajstić information content (AvgIpc) is 2.90. The van der Waals surface area contributed by atoms with Crippen molar-refractivity contribution in [2.75, 3.05) is 12.4 Å². The second-order valence-corrected chi connectivity index (χ2v) is 5.53. The topological polar surface area (TPSA) is 99.2 Å². The third kappa shape index (κ3) is 3.88. The first-order chi connectivity index (χ1) is 10.9. The predicted molar refractivity (Wildman–Crippen MR) is 86.7 cm³/mol.